The Balaban J connectivity index is 1.77. The van der Waals surface area contributed by atoms with E-state index in [1.54, 1.807) is 0 Å². The van der Waals surface area contributed by atoms with Crippen LogP contribution in [0.5, 0.6) is 0 Å². The van der Waals surface area contributed by atoms with Crippen molar-refractivity contribution in [2.75, 3.05) is 6.54 Å². The van der Waals surface area contributed by atoms with E-state index >= 15 is 0 Å². The molecule has 2 unspecified atom stereocenters. The number of piperazine rings is 1. The minimum absolute atomic E-state index is 0.0484. The maximum absolute atomic E-state index is 12.8. The number of amides is 2. The minimum Gasteiger partial charge on any atom is -0.340 e. The zero-order valence-corrected chi connectivity index (χ0v) is 11.9. The van der Waals surface area contributed by atoms with Gasteiger partial charge in [-0.3, -0.25) is 9.59 Å². The summed E-state index contributed by atoms with van der Waals surface area (Å²) >= 11 is 0. The molecule has 2 atom stereocenters. The van der Waals surface area contributed by atoms with Crippen molar-refractivity contribution in [2.24, 2.45) is 11.8 Å². The molecule has 2 saturated carbocycles. The summed E-state index contributed by atoms with van der Waals surface area (Å²) in [5.41, 5.74) is -0.633. The first kappa shape index (κ1) is 12.9. The zero-order valence-electron chi connectivity index (χ0n) is 11.9. The van der Waals surface area contributed by atoms with Gasteiger partial charge in [-0.15, -0.1) is 0 Å². The van der Waals surface area contributed by atoms with Gasteiger partial charge in [0.2, 0.25) is 11.8 Å². The van der Waals surface area contributed by atoms with Crippen molar-refractivity contribution in [1.82, 2.24) is 10.2 Å². The third-order valence-corrected chi connectivity index (χ3v) is 5.02. The second-order valence-electron chi connectivity index (χ2n) is 6.62. The van der Waals surface area contributed by atoms with Crippen LogP contribution in [0.1, 0.15) is 52.4 Å². The molecule has 0 aromatic heterocycles. The van der Waals surface area contributed by atoms with Crippen molar-refractivity contribution < 1.29 is 9.59 Å². The Morgan fingerprint density at radius 2 is 1.95 bits per heavy atom. The molecule has 0 spiro atoms. The maximum atomic E-state index is 12.8. The molecule has 0 aromatic rings. The lowest BCUT2D eigenvalue weighted by atomic mass is 9.88. The summed E-state index contributed by atoms with van der Waals surface area (Å²) in [5.74, 6) is 1.35. The first-order chi connectivity index (χ1) is 9.06. The Bertz CT molecular complexity index is 401. The zero-order chi connectivity index (χ0) is 13.6. The number of rotatable bonds is 5. The van der Waals surface area contributed by atoms with E-state index in [0.29, 0.717) is 12.3 Å². The molecule has 4 nitrogen and oxygen atoms in total. The lowest BCUT2D eigenvalue weighted by molar-refractivity contribution is -0.155. The van der Waals surface area contributed by atoms with Gasteiger partial charge in [-0.05, 0) is 44.4 Å². The average molecular weight is 264 g/mol. The molecule has 4 heteroatoms. The molecule has 2 aliphatic carbocycles. The van der Waals surface area contributed by atoms with Gasteiger partial charge < -0.3 is 10.2 Å². The first-order valence-electron chi connectivity index (χ1n) is 7.69. The molecule has 0 bridgehead atoms. The standard InChI is InChI=1S/C15H24N2O2/c1-3-12-13(18)16-15(2,11-6-7-11)14(19)17(12)9-8-10-4-5-10/h10-12H,3-9H2,1-2H3,(H,16,18). The van der Waals surface area contributed by atoms with Crippen LogP contribution >= 0.6 is 0 Å². The third kappa shape index (κ3) is 2.26. The Labute approximate surface area is 114 Å². The quantitative estimate of drug-likeness (QED) is 0.821. The minimum atomic E-state index is -0.633. The Morgan fingerprint density at radius 1 is 1.26 bits per heavy atom. The monoisotopic (exact) mass is 264 g/mol. The van der Waals surface area contributed by atoms with E-state index in [-0.39, 0.29) is 17.9 Å². The summed E-state index contributed by atoms with van der Waals surface area (Å²) in [5, 5.41) is 3.01. The van der Waals surface area contributed by atoms with Crippen LogP contribution in [0.3, 0.4) is 0 Å². The third-order valence-electron chi connectivity index (χ3n) is 5.02. The Kier molecular flexibility index (Phi) is 3.06. The molecule has 3 rings (SSSR count). The highest BCUT2D eigenvalue weighted by Crippen LogP contribution is 2.42. The van der Waals surface area contributed by atoms with Gasteiger partial charge in [0.25, 0.3) is 0 Å². The number of hydrogen-bond donors (Lipinski definition) is 1. The highest BCUT2D eigenvalue weighted by Gasteiger charge is 2.54. The average Bonchev–Trinajstić information content (AvgIpc) is 3.25. The summed E-state index contributed by atoms with van der Waals surface area (Å²) in [7, 11) is 0. The molecule has 1 heterocycles. The lowest BCUT2D eigenvalue weighted by Crippen LogP contribution is -2.70. The van der Waals surface area contributed by atoms with Crippen LogP contribution in [0.15, 0.2) is 0 Å². The molecule has 1 saturated heterocycles. The normalized spacial score (nSPS) is 35.5. The number of nitrogens with one attached hydrogen (secondary N) is 1. The van der Waals surface area contributed by atoms with Crippen LogP contribution in [-0.2, 0) is 9.59 Å². The van der Waals surface area contributed by atoms with E-state index < -0.39 is 5.54 Å². The van der Waals surface area contributed by atoms with Crippen molar-refractivity contribution in [3.63, 3.8) is 0 Å². The second kappa shape index (κ2) is 4.50. The summed E-state index contributed by atoms with van der Waals surface area (Å²) in [6, 6.07) is -0.252. The molecule has 3 aliphatic rings. The van der Waals surface area contributed by atoms with Crippen LogP contribution in [0, 0.1) is 11.8 Å². The molecule has 1 aliphatic heterocycles. The first-order valence-corrected chi connectivity index (χ1v) is 7.69. The van der Waals surface area contributed by atoms with Crippen LogP contribution in [0.4, 0.5) is 0 Å². The molecular formula is C15H24N2O2. The summed E-state index contributed by atoms with van der Waals surface area (Å²) in [4.78, 5) is 26.9. The van der Waals surface area contributed by atoms with Gasteiger partial charge in [-0.1, -0.05) is 19.8 Å². The van der Waals surface area contributed by atoms with E-state index in [2.05, 4.69) is 5.32 Å². The van der Waals surface area contributed by atoms with Crippen molar-refractivity contribution in [1.29, 1.82) is 0 Å². The SMILES string of the molecule is CCC1C(=O)NC(C)(C2CC2)C(=O)N1CCC1CC1. The summed E-state index contributed by atoms with van der Waals surface area (Å²) in [6.07, 6.45) is 6.50. The van der Waals surface area contributed by atoms with Gasteiger partial charge in [0.1, 0.15) is 11.6 Å². The highest BCUT2D eigenvalue weighted by molar-refractivity contribution is 6.00. The fourth-order valence-electron chi connectivity index (χ4n) is 3.30. The highest BCUT2D eigenvalue weighted by atomic mass is 16.2. The van der Waals surface area contributed by atoms with Crippen molar-refractivity contribution in [3.05, 3.63) is 0 Å². The Morgan fingerprint density at radius 3 is 2.47 bits per heavy atom. The fourth-order valence-corrected chi connectivity index (χ4v) is 3.30. The van der Waals surface area contributed by atoms with Gasteiger partial charge in [0, 0.05) is 6.54 Å². The molecule has 0 radical (unpaired) electrons. The smallest absolute Gasteiger partial charge is 0.249 e. The van der Waals surface area contributed by atoms with Crippen LogP contribution in [0.2, 0.25) is 0 Å². The van der Waals surface area contributed by atoms with Gasteiger partial charge in [-0.2, -0.15) is 0 Å². The van der Waals surface area contributed by atoms with E-state index in [0.717, 1.165) is 31.7 Å². The maximum Gasteiger partial charge on any atom is 0.249 e. The largest absolute Gasteiger partial charge is 0.340 e. The molecule has 19 heavy (non-hydrogen) atoms. The number of hydrogen-bond acceptors (Lipinski definition) is 2. The topological polar surface area (TPSA) is 49.4 Å². The van der Waals surface area contributed by atoms with Crippen LogP contribution in [-0.4, -0.2) is 34.8 Å². The van der Waals surface area contributed by atoms with Gasteiger partial charge >= 0.3 is 0 Å². The van der Waals surface area contributed by atoms with Crippen molar-refractivity contribution in [3.8, 4) is 0 Å². The number of carbonyl (C=O) groups excluding carboxylic acids is 2. The number of carbonyl (C=O) groups is 2. The molecule has 106 valence electrons. The van der Waals surface area contributed by atoms with E-state index in [1.165, 1.54) is 12.8 Å². The van der Waals surface area contributed by atoms with Crippen LogP contribution < -0.4 is 5.32 Å². The fraction of sp³-hybridized carbons (Fsp3) is 0.867. The lowest BCUT2D eigenvalue weighted by Gasteiger charge is -2.44. The van der Waals surface area contributed by atoms with E-state index in [1.807, 2.05) is 18.7 Å². The van der Waals surface area contributed by atoms with Gasteiger partial charge in [0.05, 0.1) is 0 Å². The van der Waals surface area contributed by atoms with E-state index in [9.17, 15) is 9.59 Å². The summed E-state index contributed by atoms with van der Waals surface area (Å²) < 4.78 is 0. The molecule has 3 fully saturated rings. The molecule has 2 amide bonds. The van der Waals surface area contributed by atoms with Crippen molar-refractivity contribution >= 4 is 11.8 Å². The van der Waals surface area contributed by atoms with Crippen LogP contribution in [0.25, 0.3) is 0 Å². The van der Waals surface area contributed by atoms with E-state index in [4.69, 9.17) is 0 Å². The molecular weight excluding hydrogens is 240 g/mol. The van der Waals surface area contributed by atoms with Gasteiger partial charge in [-0.25, -0.2) is 0 Å². The molecule has 0 aromatic carbocycles. The second-order valence-corrected chi connectivity index (χ2v) is 6.62. The summed E-state index contributed by atoms with van der Waals surface area (Å²) in [6.45, 7) is 4.67. The predicted octanol–water partition coefficient (Wildman–Crippen LogP) is 1.69. The van der Waals surface area contributed by atoms with Crippen molar-refractivity contribution in [2.45, 2.75) is 64.0 Å². The molecule has 1 N–H and O–H groups in total. The Hall–Kier alpha value is -1.06. The van der Waals surface area contributed by atoms with Gasteiger partial charge in [0.15, 0.2) is 0 Å². The predicted molar refractivity (Wildman–Crippen MR) is 72.4 cm³/mol. The number of nitrogens with zero attached hydrogens (tertiary/aromatic N) is 1.